The average Bonchev–Trinajstić information content (AvgIpc) is 3.91. The Morgan fingerprint density at radius 3 is 2.51 bits per heavy atom. The fourth-order valence-electron chi connectivity index (χ4n) is 7.12. The van der Waals surface area contributed by atoms with Crippen LogP contribution in [-0.2, 0) is 32.0 Å². The molecular weight excluding hydrogens is 767 g/mol. The van der Waals surface area contributed by atoms with E-state index in [1.807, 2.05) is 13.8 Å². The largest absolute Gasteiger partial charge is 0.491 e. The Morgan fingerprint density at radius 1 is 1.05 bits per heavy atom. The molecule has 0 bridgehead atoms. The van der Waals surface area contributed by atoms with Crippen molar-refractivity contribution in [1.29, 1.82) is 0 Å². The van der Waals surface area contributed by atoms with Gasteiger partial charge in [-0.3, -0.25) is 29.0 Å². The van der Waals surface area contributed by atoms with Crippen LogP contribution in [0.15, 0.2) is 53.2 Å². The molecule has 1 fully saturated rings. The van der Waals surface area contributed by atoms with Crippen molar-refractivity contribution in [2.75, 3.05) is 41.5 Å². The van der Waals surface area contributed by atoms with Crippen LogP contribution in [0.4, 0.5) is 4.39 Å². The maximum atomic E-state index is 14.8. The molecule has 1 spiro atoms. The standard InChI is InChI=1S/C41H49FN8O9/c1-23(2)16-31-39(54)50(4)41(13-14-41)40(55)46-26(18-25-8-7-9-33(45-25)56-5)22-58-32-11-10-29-28(17-24(42)21-44-29)36(32)38(53)47-30(20-35(51)49(31)3)37(52)43-15-12-27-19-34(57-6)48-59-27/h7-11,17,19,21,23,26,30-31H,12-16,18,20,22H2,1-6H3,(H,43,52)(H,46,55)(H,47,53)/t26-,30+,31+/m1/s1. The van der Waals surface area contributed by atoms with Gasteiger partial charge in [0.15, 0.2) is 0 Å². The summed E-state index contributed by atoms with van der Waals surface area (Å²) in [6.07, 6.45) is 1.85. The van der Waals surface area contributed by atoms with E-state index in [-0.39, 0.29) is 66.4 Å². The number of nitrogens with zero attached hydrogens (tertiary/aromatic N) is 5. The highest BCUT2D eigenvalue weighted by Gasteiger charge is 2.56. The maximum absolute atomic E-state index is 14.8. The molecule has 59 heavy (non-hydrogen) atoms. The van der Waals surface area contributed by atoms with E-state index < -0.39 is 65.4 Å². The number of likely N-dealkylation sites (N-methyl/N-ethyl adjacent to an activating group) is 2. The summed E-state index contributed by atoms with van der Waals surface area (Å²) in [5.41, 5.74) is -0.528. The Morgan fingerprint density at radius 2 is 1.81 bits per heavy atom. The number of halogens is 1. The number of benzene rings is 1. The minimum Gasteiger partial charge on any atom is -0.491 e. The molecule has 0 saturated heterocycles. The molecule has 0 unspecified atom stereocenters. The third-order valence-electron chi connectivity index (χ3n) is 10.6. The van der Waals surface area contributed by atoms with Crippen molar-refractivity contribution in [2.24, 2.45) is 5.92 Å². The molecule has 1 saturated carbocycles. The quantitative estimate of drug-likeness (QED) is 0.211. The van der Waals surface area contributed by atoms with E-state index in [9.17, 15) is 28.4 Å². The van der Waals surface area contributed by atoms with E-state index in [0.29, 0.717) is 30.2 Å². The van der Waals surface area contributed by atoms with Gasteiger partial charge in [0.05, 0.1) is 44.0 Å². The summed E-state index contributed by atoms with van der Waals surface area (Å²) in [6, 6.07) is 7.70. The predicted molar refractivity (Wildman–Crippen MR) is 210 cm³/mol. The fraction of sp³-hybridized carbons (Fsp3) is 0.463. The van der Waals surface area contributed by atoms with Crippen LogP contribution < -0.4 is 30.2 Å². The van der Waals surface area contributed by atoms with E-state index in [2.05, 4.69) is 31.1 Å². The van der Waals surface area contributed by atoms with Crippen LogP contribution in [0.5, 0.6) is 17.5 Å². The number of hydrogen-bond donors (Lipinski definition) is 3. The van der Waals surface area contributed by atoms with Crippen molar-refractivity contribution in [2.45, 2.75) is 76.0 Å². The van der Waals surface area contributed by atoms with E-state index in [1.54, 1.807) is 37.4 Å². The molecule has 4 heterocycles. The van der Waals surface area contributed by atoms with Crippen molar-refractivity contribution >= 4 is 40.4 Å². The molecule has 2 aliphatic rings. The second-order valence-corrected chi connectivity index (χ2v) is 15.2. The molecule has 1 aliphatic carbocycles. The van der Waals surface area contributed by atoms with Gasteiger partial charge in [0.1, 0.15) is 41.6 Å². The van der Waals surface area contributed by atoms with Gasteiger partial charge in [-0.1, -0.05) is 19.9 Å². The van der Waals surface area contributed by atoms with Crippen LogP contribution in [0, 0.1) is 11.7 Å². The first kappa shape index (κ1) is 42.3. The second kappa shape index (κ2) is 18.1. The van der Waals surface area contributed by atoms with Crippen molar-refractivity contribution < 1.29 is 47.1 Å². The Balaban J connectivity index is 1.41. The number of amides is 5. The zero-order valence-electron chi connectivity index (χ0n) is 33.9. The molecule has 17 nitrogen and oxygen atoms in total. The summed E-state index contributed by atoms with van der Waals surface area (Å²) in [4.78, 5) is 82.5. The lowest BCUT2D eigenvalue weighted by Gasteiger charge is -2.36. The zero-order chi connectivity index (χ0) is 42.4. The van der Waals surface area contributed by atoms with Crippen molar-refractivity contribution in [1.82, 2.24) is 40.9 Å². The highest BCUT2D eigenvalue weighted by atomic mass is 19.1. The highest BCUT2D eigenvalue weighted by molar-refractivity contribution is 6.10. The summed E-state index contributed by atoms with van der Waals surface area (Å²) in [7, 11) is 5.94. The Hall–Kier alpha value is -6.33. The van der Waals surface area contributed by atoms with Gasteiger partial charge in [0.2, 0.25) is 29.5 Å². The molecular formula is C41H49FN8O9. The average molecular weight is 817 g/mol. The van der Waals surface area contributed by atoms with E-state index >= 15 is 0 Å². The molecule has 5 amide bonds. The number of pyridine rings is 2. The molecule has 1 aromatic carbocycles. The summed E-state index contributed by atoms with van der Waals surface area (Å²) in [5.74, 6) is -2.81. The third-order valence-corrected chi connectivity index (χ3v) is 10.6. The molecule has 6 rings (SSSR count). The van der Waals surface area contributed by atoms with Crippen LogP contribution >= 0.6 is 0 Å². The molecule has 3 N–H and O–H groups in total. The SMILES string of the molecule is COc1cc(CCNC(=O)[C@@H]2CC(=O)N(C)[C@@H](CC(C)C)C(=O)N(C)C3(CC3)C(=O)N[C@H](Cc3cccc(OC)n3)COc3ccc4ncc(F)cc4c3C(=O)N2)on1. The van der Waals surface area contributed by atoms with Crippen LogP contribution in [0.1, 0.15) is 61.3 Å². The van der Waals surface area contributed by atoms with Gasteiger partial charge in [-0.2, -0.15) is 0 Å². The number of methoxy groups -OCH3 is 2. The summed E-state index contributed by atoms with van der Waals surface area (Å²) in [5, 5.41) is 12.3. The topological polar surface area (TPSA) is 207 Å². The number of carbonyl (C=O) groups is 5. The van der Waals surface area contributed by atoms with Gasteiger partial charge < -0.3 is 44.5 Å². The van der Waals surface area contributed by atoms with Gasteiger partial charge in [0.25, 0.3) is 11.8 Å². The predicted octanol–water partition coefficient (Wildman–Crippen LogP) is 2.61. The monoisotopic (exact) mass is 816 g/mol. The van der Waals surface area contributed by atoms with Gasteiger partial charge >= 0.3 is 0 Å². The van der Waals surface area contributed by atoms with Crippen LogP contribution in [-0.4, -0.2) is 120 Å². The van der Waals surface area contributed by atoms with Crippen LogP contribution in [0.3, 0.4) is 0 Å². The van der Waals surface area contributed by atoms with Crippen molar-refractivity contribution in [3.63, 3.8) is 0 Å². The van der Waals surface area contributed by atoms with Gasteiger partial charge in [-0.15, -0.1) is 0 Å². The Labute approximate surface area is 340 Å². The Bertz CT molecular complexity index is 2210. The minimum atomic E-state index is -1.47. The lowest BCUT2D eigenvalue weighted by Crippen LogP contribution is -2.58. The number of rotatable bonds is 10. The summed E-state index contributed by atoms with van der Waals surface area (Å²) < 4.78 is 36.7. The summed E-state index contributed by atoms with van der Waals surface area (Å²) >= 11 is 0. The minimum absolute atomic E-state index is 0.00290. The number of carbonyl (C=O) groups excluding carboxylic acids is 5. The molecule has 18 heteroatoms. The smallest absolute Gasteiger partial charge is 0.256 e. The summed E-state index contributed by atoms with van der Waals surface area (Å²) in [6.45, 7) is 3.66. The normalized spacial score (nSPS) is 20.1. The first-order chi connectivity index (χ1) is 28.2. The maximum Gasteiger partial charge on any atom is 0.256 e. The molecule has 1 aliphatic heterocycles. The molecule has 3 aromatic heterocycles. The Kier molecular flexibility index (Phi) is 13.0. The van der Waals surface area contributed by atoms with E-state index in [0.717, 1.165) is 12.3 Å². The van der Waals surface area contributed by atoms with E-state index in [1.165, 1.54) is 37.1 Å². The first-order valence-electron chi connectivity index (χ1n) is 19.4. The molecule has 314 valence electrons. The molecule has 3 atom stereocenters. The van der Waals surface area contributed by atoms with Gasteiger partial charge in [-0.25, -0.2) is 9.37 Å². The molecule has 4 aromatic rings. The number of fused-ring (bicyclic) bond motifs is 3. The fourth-order valence-corrected chi connectivity index (χ4v) is 7.12. The lowest BCUT2D eigenvalue weighted by atomic mass is 9.99. The van der Waals surface area contributed by atoms with E-state index in [4.69, 9.17) is 18.7 Å². The first-order valence-corrected chi connectivity index (χ1v) is 19.4. The second-order valence-electron chi connectivity index (χ2n) is 15.2. The third kappa shape index (κ3) is 9.69. The zero-order valence-corrected chi connectivity index (χ0v) is 33.9. The van der Waals surface area contributed by atoms with Crippen LogP contribution in [0.25, 0.3) is 10.9 Å². The number of ether oxygens (including phenoxy) is 3. The number of aromatic nitrogens is 3. The van der Waals surface area contributed by atoms with Gasteiger partial charge in [0, 0.05) is 56.7 Å². The van der Waals surface area contributed by atoms with Crippen LogP contribution in [0.2, 0.25) is 0 Å². The molecule has 0 radical (unpaired) electrons. The van der Waals surface area contributed by atoms with Crippen molar-refractivity contribution in [3.8, 4) is 17.5 Å². The highest BCUT2D eigenvalue weighted by Crippen LogP contribution is 2.42. The van der Waals surface area contributed by atoms with Gasteiger partial charge in [-0.05, 0) is 54.6 Å². The number of nitrogens with one attached hydrogen (secondary N) is 3. The van der Waals surface area contributed by atoms with Crippen molar-refractivity contribution in [3.05, 3.63) is 71.5 Å². The number of hydrogen-bond acceptors (Lipinski definition) is 12. The lowest BCUT2D eigenvalue weighted by molar-refractivity contribution is -0.149.